The van der Waals surface area contributed by atoms with Crippen LogP contribution in [0.2, 0.25) is 0 Å². The minimum atomic E-state index is -0.501. The zero-order chi connectivity index (χ0) is 23.0. The smallest absolute Gasteiger partial charge is 0.228 e. The van der Waals surface area contributed by atoms with Crippen molar-refractivity contribution in [3.63, 3.8) is 0 Å². The fourth-order valence-electron chi connectivity index (χ4n) is 4.58. The average Bonchev–Trinajstić information content (AvgIpc) is 2.76. The lowest BCUT2D eigenvalue weighted by Crippen LogP contribution is -2.37. The predicted octanol–water partition coefficient (Wildman–Crippen LogP) is 2.93. The number of ketones is 1. The molecule has 0 saturated carbocycles. The third-order valence-electron chi connectivity index (χ3n) is 6.06. The average molecular weight is 440 g/mol. The molecule has 32 heavy (non-hydrogen) atoms. The number of methoxy groups -OCH3 is 2. The van der Waals surface area contributed by atoms with Gasteiger partial charge in [0.25, 0.3) is 0 Å². The normalized spacial score (nSPS) is 19.2. The Hall–Kier alpha value is -3.13. The lowest BCUT2D eigenvalue weighted by Gasteiger charge is -2.38. The number of aromatic nitrogens is 2. The first-order valence-corrected chi connectivity index (χ1v) is 10.7. The summed E-state index contributed by atoms with van der Waals surface area (Å²) in [6.45, 7) is 4.56. The Labute approximate surface area is 187 Å². The highest BCUT2D eigenvalue weighted by atomic mass is 16.5. The summed E-state index contributed by atoms with van der Waals surface area (Å²) in [5.74, 6) is 1.62. The molecule has 4 rings (SSSR count). The van der Waals surface area contributed by atoms with E-state index in [0.29, 0.717) is 60.1 Å². The Kier molecular flexibility index (Phi) is 5.81. The predicted molar refractivity (Wildman–Crippen MR) is 117 cm³/mol. The van der Waals surface area contributed by atoms with Crippen LogP contribution < -0.4 is 19.7 Å². The number of nitrogens with zero attached hydrogens (tertiary/aromatic N) is 2. The van der Waals surface area contributed by atoms with Crippen LogP contribution in [0.15, 0.2) is 35.9 Å². The topological polar surface area (TPSA) is 107 Å². The number of aryl methyl sites for hydroxylation is 1. The molecule has 0 fully saturated rings. The summed E-state index contributed by atoms with van der Waals surface area (Å²) < 4.78 is 18.7. The van der Waals surface area contributed by atoms with E-state index in [1.54, 1.807) is 31.2 Å². The Bertz CT molecular complexity index is 1150. The van der Waals surface area contributed by atoms with Crippen molar-refractivity contribution in [1.29, 1.82) is 5.41 Å². The second-order valence-electron chi connectivity index (χ2n) is 9.01. The molecule has 1 unspecified atom stereocenters. The minimum Gasteiger partial charge on any atom is -0.493 e. The van der Waals surface area contributed by atoms with Crippen LogP contribution in [0.5, 0.6) is 17.4 Å². The van der Waals surface area contributed by atoms with E-state index in [-0.39, 0.29) is 23.3 Å². The first kappa shape index (κ1) is 22.1. The highest BCUT2D eigenvalue weighted by molar-refractivity contribution is 6.00. The summed E-state index contributed by atoms with van der Waals surface area (Å²) in [5, 5.41) is 18.1. The van der Waals surface area contributed by atoms with Crippen molar-refractivity contribution in [2.45, 2.75) is 45.6 Å². The van der Waals surface area contributed by atoms with E-state index in [2.05, 4.69) is 18.8 Å². The summed E-state index contributed by atoms with van der Waals surface area (Å²) in [6.07, 6.45) is 3.09. The quantitative estimate of drug-likeness (QED) is 0.717. The van der Waals surface area contributed by atoms with Crippen LogP contribution in [-0.2, 0) is 11.3 Å². The van der Waals surface area contributed by atoms with Gasteiger partial charge in [0.05, 0.1) is 25.7 Å². The van der Waals surface area contributed by atoms with Crippen molar-refractivity contribution in [3.8, 4) is 17.4 Å². The van der Waals surface area contributed by atoms with Crippen molar-refractivity contribution in [2.75, 3.05) is 20.8 Å². The van der Waals surface area contributed by atoms with Gasteiger partial charge in [-0.15, -0.1) is 0 Å². The van der Waals surface area contributed by atoms with Crippen LogP contribution in [0.4, 0.5) is 0 Å². The summed E-state index contributed by atoms with van der Waals surface area (Å²) >= 11 is 0. The molecular formula is C24H29N3O5. The fourth-order valence-corrected chi connectivity index (χ4v) is 4.58. The number of aliphatic hydroxyl groups is 1. The van der Waals surface area contributed by atoms with E-state index in [9.17, 15) is 9.90 Å². The molecule has 1 atom stereocenters. The summed E-state index contributed by atoms with van der Waals surface area (Å²) in [5.41, 5.74) is 1.94. The number of carbonyl (C=O) groups excluding carboxylic acids is 1. The third kappa shape index (κ3) is 3.79. The lowest BCUT2D eigenvalue weighted by molar-refractivity contribution is -0.118. The van der Waals surface area contributed by atoms with Crippen molar-refractivity contribution in [1.82, 2.24) is 9.55 Å². The molecule has 2 aliphatic rings. The Morgan fingerprint density at radius 2 is 2.00 bits per heavy atom. The molecule has 0 bridgehead atoms. The summed E-state index contributed by atoms with van der Waals surface area (Å²) in [6, 6.07) is 5.55. The fraction of sp³-hybridized carbons (Fsp3) is 0.458. The van der Waals surface area contributed by atoms with Crippen LogP contribution in [0.3, 0.4) is 0 Å². The van der Waals surface area contributed by atoms with Crippen molar-refractivity contribution in [2.24, 2.45) is 5.41 Å². The first-order valence-electron chi connectivity index (χ1n) is 10.7. The van der Waals surface area contributed by atoms with Gasteiger partial charge in [-0.2, -0.15) is 0 Å². The number of benzene rings is 1. The molecule has 1 aromatic heterocycles. The monoisotopic (exact) mass is 439 g/mol. The van der Waals surface area contributed by atoms with Gasteiger partial charge in [-0.25, -0.2) is 4.98 Å². The summed E-state index contributed by atoms with van der Waals surface area (Å²) in [4.78, 5) is 17.9. The van der Waals surface area contributed by atoms with Gasteiger partial charge in [-0.1, -0.05) is 19.9 Å². The van der Waals surface area contributed by atoms with Crippen molar-refractivity contribution < 1.29 is 24.1 Å². The molecule has 8 nitrogen and oxygen atoms in total. The van der Waals surface area contributed by atoms with Gasteiger partial charge in [0.2, 0.25) is 5.88 Å². The van der Waals surface area contributed by atoms with E-state index in [4.69, 9.17) is 19.6 Å². The number of hydrogen-bond donors (Lipinski definition) is 2. The first-order chi connectivity index (χ1) is 15.3. The Balaban J connectivity index is 1.95. The number of nitrogens with one attached hydrogen (secondary N) is 1. The molecule has 170 valence electrons. The molecule has 1 aliphatic carbocycles. The second kappa shape index (κ2) is 8.43. The van der Waals surface area contributed by atoms with Crippen LogP contribution in [0.25, 0.3) is 0 Å². The number of carbonyl (C=O) groups is 1. The van der Waals surface area contributed by atoms with E-state index >= 15 is 0 Å². The van der Waals surface area contributed by atoms with Gasteiger partial charge < -0.3 is 23.9 Å². The standard InChI is InChI=1S/C24H29N3O5/c1-24(2)11-15(29)20-18(12-24)32-23-21(22(25)27(13-26-23)8-5-9-28)19(20)14-6-7-16(30-3)17(10-14)31-4/h6-7,10,13,19,25,28H,5,8-9,11-12H2,1-4H3. The largest absolute Gasteiger partial charge is 0.493 e. The van der Waals surface area contributed by atoms with E-state index in [1.165, 1.54) is 0 Å². The SMILES string of the molecule is COc1ccc(C2C3=C(CC(C)(C)CC3=O)Oc3ncn(CCCO)c(=N)c32)cc1OC. The molecule has 0 saturated heterocycles. The second-order valence-corrected chi connectivity index (χ2v) is 9.01. The number of fused-ring (bicyclic) bond motifs is 1. The number of aliphatic hydroxyl groups excluding tert-OH is 1. The third-order valence-corrected chi connectivity index (χ3v) is 6.06. The van der Waals surface area contributed by atoms with Gasteiger partial charge in [-0.3, -0.25) is 10.2 Å². The highest BCUT2D eigenvalue weighted by Gasteiger charge is 2.43. The van der Waals surface area contributed by atoms with Crippen molar-refractivity contribution in [3.05, 3.63) is 52.5 Å². The van der Waals surface area contributed by atoms with Crippen LogP contribution in [-0.4, -0.2) is 41.3 Å². The van der Waals surface area contributed by atoms with Gasteiger partial charge in [0.1, 0.15) is 17.6 Å². The lowest BCUT2D eigenvalue weighted by atomic mass is 9.70. The number of Topliss-reactive ketones (excluding diaryl/α,β-unsaturated/α-hetero) is 1. The van der Waals surface area contributed by atoms with E-state index in [0.717, 1.165) is 5.56 Å². The summed E-state index contributed by atoms with van der Waals surface area (Å²) in [7, 11) is 3.14. The maximum Gasteiger partial charge on any atom is 0.228 e. The zero-order valence-corrected chi connectivity index (χ0v) is 18.9. The maximum absolute atomic E-state index is 13.4. The van der Waals surface area contributed by atoms with Crippen LogP contribution >= 0.6 is 0 Å². The molecule has 0 spiro atoms. The molecular weight excluding hydrogens is 410 g/mol. The molecule has 0 radical (unpaired) electrons. The zero-order valence-electron chi connectivity index (χ0n) is 18.9. The number of rotatable bonds is 6. The van der Waals surface area contributed by atoms with Crippen LogP contribution in [0.1, 0.15) is 50.2 Å². The van der Waals surface area contributed by atoms with Crippen LogP contribution in [0, 0.1) is 10.8 Å². The van der Waals surface area contributed by atoms with Crippen molar-refractivity contribution >= 4 is 5.78 Å². The highest BCUT2D eigenvalue weighted by Crippen LogP contribution is 2.49. The Morgan fingerprint density at radius 3 is 2.69 bits per heavy atom. The molecule has 0 amide bonds. The van der Waals surface area contributed by atoms with E-state index in [1.807, 2.05) is 12.1 Å². The van der Waals surface area contributed by atoms with Gasteiger partial charge in [-0.05, 0) is 29.5 Å². The number of allylic oxidation sites excluding steroid dienone is 2. The Morgan fingerprint density at radius 1 is 1.25 bits per heavy atom. The maximum atomic E-state index is 13.4. The van der Waals surface area contributed by atoms with Gasteiger partial charge >= 0.3 is 0 Å². The van der Waals surface area contributed by atoms with Gasteiger partial charge in [0, 0.05) is 31.6 Å². The molecule has 2 heterocycles. The number of ether oxygens (including phenoxy) is 3. The minimum absolute atomic E-state index is 0.0159. The van der Waals surface area contributed by atoms with Gasteiger partial charge in [0.15, 0.2) is 17.3 Å². The molecule has 8 heteroatoms. The molecule has 1 aliphatic heterocycles. The molecule has 2 aromatic rings. The van der Waals surface area contributed by atoms with E-state index < -0.39 is 5.92 Å². The molecule has 2 N–H and O–H groups in total. The number of hydrogen-bond acceptors (Lipinski definition) is 7. The molecule has 1 aromatic carbocycles.